The molecule has 0 aromatic heterocycles. The summed E-state index contributed by atoms with van der Waals surface area (Å²) in [6, 6.07) is 26.5. The van der Waals surface area contributed by atoms with Crippen LogP contribution in [0.25, 0.3) is 5.76 Å². The molecule has 0 radical (unpaired) electrons. The van der Waals surface area contributed by atoms with E-state index >= 15 is 0 Å². The number of Topliss-reactive ketones (excluding diaryl/α,β-unsaturated/α-hetero) is 1. The number of carbonyl (C=O) groups is 2. The van der Waals surface area contributed by atoms with Crippen LogP contribution in [0.4, 0.5) is 5.69 Å². The van der Waals surface area contributed by atoms with Crippen molar-refractivity contribution in [3.05, 3.63) is 108 Å². The summed E-state index contributed by atoms with van der Waals surface area (Å²) in [7, 11) is 0. The minimum Gasteiger partial charge on any atom is -0.462 e. The second-order valence-corrected chi connectivity index (χ2v) is 6.71. The number of benzene rings is 3. The maximum atomic E-state index is 13.6. The molecule has 0 saturated carbocycles. The van der Waals surface area contributed by atoms with Gasteiger partial charge in [0, 0.05) is 11.1 Å². The van der Waals surface area contributed by atoms with Crippen LogP contribution in [-0.4, -0.2) is 24.4 Å². The number of nitrogens with zero attached hydrogens (tertiary/aromatic N) is 1. The molecule has 1 atom stereocenters. The molecule has 0 aliphatic carbocycles. The van der Waals surface area contributed by atoms with Crippen molar-refractivity contribution >= 4 is 23.2 Å². The van der Waals surface area contributed by atoms with Crippen LogP contribution in [0.5, 0.6) is 0 Å². The van der Waals surface area contributed by atoms with E-state index < -0.39 is 12.0 Å². The fraction of sp³-hybridized carbons (Fsp3) is 0.120. The zero-order valence-electron chi connectivity index (χ0n) is 16.5. The first-order valence-corrected chi connectivity index (χ1v) is 9.79. The van der Waals surface area contributed by atoms with Crippen LogP contribution < -0.4 is 5.06 Å². The Bertz CT molecular complexity index is 1060. The van der Waals surface area contributed by atoms with Crippen LogP contribution in [0, 0.1) is 0 Å². The first-order valence-electron chi connectivity index (χ1n) is 9.79. The van der Waals surface area contributed by atoms with E-state index in [4.69, 9.17) is 9.57 Å². The fourth-order valence-electron chi connectivity index (χ4n) is 3.43. The van der Waals surface area contributed by atoms with Crippen molar-refractivity contribution in [2.75, 3.05) is 11.7 Å². The van der Waals surface area contributed by atoms with Gasteiger partial charge in [-0.1, -0.05) is 78.9 Å². The third kappa shape index (κ3) is 3.70. The van der Waals surface area contributed by atoms with Gasteiger partial charge in [0.05, 0.1) is 12.3 Å². The topological polar surface area (TPSA) is 55.8 Å². The number of carbonyl (C=O) groups excluding carboxylic acids is 2. The van der Waals surface area contributed by atoms with Gasteiger partial charge in [0.2, 0.25) is 0 Å². The molecule has 0 amide bonds. The number of hydroxylamine groups is 1. The summed E-state index contributed by atoms with van der Waals surface area (Å²) < 4.78 is 5.32. The SMILES string of the molecule is CCOC(=O)C1=C(c2ccccc2)ON(c2ccccc2)C1C(=O)c1ccccc1. The molecule has 1 unspecified atom stereocenters. The average Bonchev–Trinajstić information content (AvgIpc) is 3.21. The molecule has 0 bridgehead atoms. The third-order valence-corrected chi connectivity index (χ3v) is 4.79. The highest BCUT2D eigenvalue weighted by Gasteiger charge is 2.45. The van der Waals surface area contributed by atoms with E-state index in [1.165, 1.54) is 5.06 Å². The van der Waals surface area contributed by atoms with Gasteiger partial charge in [0.25, 0.3) is 0 Å². The quantitative estimate of drug-likeness (QED) is 0.446. The van der Waals surface area contributed by atoms with Gasteiger partial charge >= 0.3 is 5.97 Å². The number of ketones is 1. The second kappa shape index (κ2) is 8.66. The highest BCUT2D eigenvalue weighted by molar-refractivity contribution is 6.13. The maximum absolute atomic E-state index is 13.6. The molecule has 0 saturated heterocycles. The average molecular weight is 399 g/mol. The van der Waals surface area contributed by atoms with E-state index in [1.807, 2.05) is 66.7 Å². The van der Waals surface area contributed by atoms with Gasteiger partial charge in [0.15, 0.2) is 17.6 Å². The zero-order chi connectivity index (χ0) is 20.9. The number of anilines is 1. The van der Waals surface area contributed by atoms with Crippen LogP contribution in [0.2, 0.25) is 0 Å². The van der Waals surface area contributed by atoms with Crippen molar-refractivity contribution in [1.29, 1.82) is 0 Å². The summed E-state index contributed by atoms with van der Waals surface area (Å²) in [5.74, 6) is -0.482. The lowest BCUT2D eigenvalue weighted by molar-refractivity contribution is -0.138. The van der Waals surface area contributed by atoms with Crippen molar-refractivity contribution < 1.29 is 19.2 Å². The first-order chi connectivity index (χ1) is 14.7. The minimum absolute atomic E-state index is 0.195. The minimum atomic E-state index is -0.968. The molecule has 0 spiro atoms. The van der Waals surface area contributed by atoms with E-state index in [1.54, 1.807) is 31.2 Å². The largest absolute Gasteiger partial charge is 0.462 e. The fourth-order valence-corrected chi connectivity index (χ4v) is 3.43. The Hall–Kier alpha value is -3.86. The van der Waals surface area contributed by atoms with Gasteiger partial charge in [-0.15, -0.1) is 0 Å². The zero-order valence-corrected chi connectivity index (χ0v) is 16.5. The molecule has 0 N–H and O–H groups in total. The molecule has 30 heavy (non-hydrogen) atoms. The van der Waals surface area contributed by atoms with Crippen LogP contribution >= 0.6 is 0 Å². The van der Waals surface area contributed by atoms with Crippen LogP contribution in [-0.2, 0) is 14.4 Å². The van der Waals surface area contributed by atoms with Crippen LogP contribution in [0.1, 0.15) is 22.8 Å². The highest BCUT2D eigenvalue weighted by Crippen LogP contribution is 2.38. The predicted octanol–water partition coefficient (Wildman–Crippen LogP) is 4.66. The van der Waals surface area contributed by atoms with E-state index in [-0.39, 0.29) is 18.0 Å². The van der Waals surface area contributed by atoms with E-state index in [2.05, 4.69) is 0 Å². The molecule has 150 valence electrons. The summed E-state index contributed by atoms with van der Waals surface area (Å²) in [5.41, 5.74) is 2.05. The first kappa shape index (κ1) is 19.5. The lowest BCUT2D eigenvalue weighted by Crippen LogP contribution is -2.40. The summed E-state index contributed by atoms with van der Waals surface area (Å²) in [5, 5.41) is 1.49. The lowest BCUT2D eigenvalue weighted by atomic mass is 9.95. The number of ether oxygens (including phenoxy) is 1. The Morgan fingerprint density at radius 2 is 1.43 bits per heavy atom. The van der Waals surface area contributed by atoms with E-state index in [0.717, 1.165) is 0 Å². The van der Waals surface area contributed by atoms with Crippen LogP contribution in [0.3, 0.4) is 0 Å². The molecule has 0 fully saturated rings. The van der Waals surface area contributed by atoms with Crippen LogP contribution in [0.15, 0.2) is 96.6 Å². The smallest absolute Gasteiger partial charge is 0.340 e. The van der Waals surface area contributed by atoms with Gasteiger partial charge in [-0.3, -0.25) is 4.79 Å². The number of hydrogen-bond acceptors (Lipinski definition) is 5. The second-order valence-electron chi connectivity index (χ2n) is 6.71. The molecule has 3 aromatic carbocycles. The molecule has 3 aromatic rings. The van der Waals surface area contributed by atoms with Gasteiger partial charge in [0.1, 0.15) is 5.57 Å². The number of esters is 1. The van der Waals surface area contributed by atoms with Gasteiger partial charge in [-0.05, 0) is 19.1 Å². The number of para-hydroxylation sites is 1. The summed E-state index contributed by atoms with van der Waals surface area (Å²) >= 11 is 0. The van der Waals surface area contributed by atoms with Crippen molar-refractivity contribution in [2.24, 2.45) is 0 Å². The van der Waals surface area contributed by atoms with Crippen molar-refractivity contribution in [2.45, 2.75) is 13.0 Å². The Labute approximate surface area is 175 Å². The van der Waals surface area contributed by atoms with Crippen molar-refractivity contribution in [3.63, 3.8) is 0 Å². The molecular weight excluding hydrogens is 378 g/mol. The van der Waals surface area contributed by atoms with Crippen molar-refractivity contribution in [1.82, 2.24) is 0 Å². The monoisotopic (exact) mass is 399 g/mol. The normalized spacial score (nSPS) is 15.6. The third-order valence-electron chi connectivity index (χ3n) is 4.79. The molecule has 1 aliphatic heterocycles. The summed E-state index contributed by atoms with van der Waals surface area (Å²) in [6.45, 7) is 1.93. The van der Waals surface area contributed by atoms with E-state index in [0.29, 0.717) is 22.6 Å². The molecule has 1 heterocycles. The number of hydrogen-bond donors (Lipinski definition) is 0. The summed E-state index contributed by atoms with van der Waals surface area (Å²) in [6.07, 6.45) is 0. The van der Waals surface area contributed by atoms with Gasteiger partial charge in [-0.25, -0.2) is 4.79 Å². The molecular formula is C25H21NO4. The van der Waals surface area contributed by atoms with E-state index in [9.17, 15) is 9.59 Å². The van der Waals surface area contributed by atoms with Gasteiger partial charge in [-0.2, -0.15) is 5.06 Å². The summed E-state index contributed by atoms with van der Waals surface area (Å²) in [4.78, 5) is 32.7. The maximum Gasteiger partial charge on any atom is 0.340 e. The van der Waals surface area contributed by atoms with Gasteiger partial charge < -0.3 is 9.57 Å². The molecule has 4 rings (SSSR count). The Kier molecular flexibility index (Phi) is 5.61. The molecule has 5 heteroatoms. The Morgan fingerprint density at radius 3 is 2.03 bits per heavy atom. The molecule has 1 aliphatic rings. The Morgan fingerprint density at radius 1 is 0.867 bits per heavy atom. The number of rotatable bonds is 6. The Balaban J connectivity index is 1.89. The predicted molar refractivity (Wildman–Crippen MR) is 115 cm³/mol. The molecule has 5 nitrogen and oxygen atoms in total. The van der Waals surface area contributed by atoms with Crippen molar-refractivity contribution in [3.8, 4) is 0 Å². The lowest BCUT2D eigenvalue weighted by Gasteiger charge is -2.25. The highest BCUT2D eigenvalue weighted by atomic mass is 16.7. The standard InChI is InChI=1S/C25H21NO4/c1-2-29-25(28)21-22(23(27)18-12-6-3-7-13-18)26(20-16-10-5-11-17-20)30-24(21)19-14-8-4-9-15-19/h3-17,22H,2H2,1H3.